The fourth-order valence-corrected chi connectivity index (χ4v) is 3.49. The Labute approximate surface area is 118 Å². The lowest BCUT2D eigenvalue weighted by molar-refractivity contribution is 0.212. The molecule has 0 aliphatic heterocycles. The lowest BCUT2D eigenvalue weighted by Crippen LogP contribution is -2.25. The Morgan fingerprint density at radius 1 is 1.40 bits per heavy atom. The third-order valence-electron chi connectivity index (χ3n) is 4.49. The standard InChI is InChI=1S/C16H20N2O2/c1-9-3-4-10(2)15-14(9)12-7-11(8-19)5-6-13(12)18(15)16(17)20/h3-4,11,19H,5-8H2,1-2H3,(H2,17,20). The summed E-state index contributed by atoms with van der Waals surface area (Å²) in [7, 11) is 0. The number of carbonyl (C=O) groups is 1. The number of aliphatic hydroxyl groups excluding tert-OH is 1. The van der Waals surface area contributed by atoms with Crippen molar-refractivity contribution < 1.29 is 9.90 Å². The molecule has 0 saturated heterocycles. The number of hydrogen-bond acceptors (Lipinski definition) is 2. The number of nitrogens with zero attached hydrogens (tertiary/aromatic N) is 1. The van der Waals surface area contributed by atoms with Crippen LogP contribution in [0.3, 0.4) is 0 Å². The second kappa shape index (κ2) is 4.63. The van der Waals surface area contributed by atoms with Gasteiger partial charge in [-0.3, -0.25) is 4.57 Å². The van der Waals surface area contributed by atoms with Gasteiger partial charge in [0.05, 0.1) is 5.52 Å². The van der Waals surface area contributed by atoms with Crippen molar-refractivity contribution in [2.24, 2.45) is 11.7 Å². The molecule has 0 radical (unpaired) electrons. The quantitative estimate of drug-likeness (QED) is 0.836. The summed E-state index contributed by atoms with van der Waals surface area (Å²) in [5.74, 6) is 0.286. The zero-order valence-electron chi connectivity index (χ0n) is 11.9. The largest absolute Gasteiger partial charge is 0.396 e. The van der Waals surface area contributed by atoms with Crippen LogP contribution >= 0.6 is 0 Å². The Morgan fingerprint density at radius 2 is 2.10 bits per heavy atom. The van der Waals surface area contributed by atoms with Gasteiger partial charge in [0, 0.05) is 17.7 Å². The highest BCUT2D eigenvalue weighted by atomic mass is 16.3. The van der Waals surface area contributed by atoms with Crippen molar-refractivity contribution in [2.45, 2.75) is 33.1 Å². The fourth-order valence-electron chi connectivity index (χ4n) is 3.49. The monoisotopic (exact) mass is 272 g/mol. The van der Waals surface area contributed by atoms with Gasteiger partial charge in [-0.15, -0.1) is 0 Å². The van der Waals surface area contributed by atoms with Crippen LogP contribution in [0.5, 0.6) is 0 Å². The zero-order chi connectivity index (χ0) is 14.4. The molecule has 1 amide bonds. The van der Waals surface area contributed by atoms with Crippen molar-refractivity contribution in [1.29, 1.82) is 0 Å². The topological polar surface area (TPSA) is 68.2 Å². The van der Waals surface area contributed by atoms with Crippen LogP contribution in [-0.2, 0) is 12.8 Å². The van der Waals surface area contributed by atoms with Crippen LogP contribution in [0.4, 0.5) is 4.79 Å². The van der Waals surface area contributed by atoms with Gasteiger partial charge in [-0.05, 0) is 55.7 Å². The Hall–Kier alpha value is -1.81. The van der Waals surface area contributed by atoms with Gasteiger partial charge in [-0.1, -0.05) is 12.1 Å². The molecule has 3 rings (SSSR count). The molecule has 1 heterocycles. The maximum Gasteiger partial charge on any atom is 0.323 e. The summed E-state index contributed by atoms with van der Waals surface area (Å²) in [5, 5.41) is 10.6. The van der Waals surface area contributed by atoms with Crippen molar-refractivity contribution in [3.63, 3.8) is 0 Å². The summed E-state index contributed by atoms with van der Waals surface area (Å²) in [6.07, 6.45) is 2.54. The summed E-state index contributed by atoms with van der Waals surface area (Å²) >= 11 is 0. The number of aliphatic hydroxyl groups is 1. The first kappa shape index (κ1) is 13.2. The third kappa shape index (κ3) is 1.75. The van der Waals surface area contributed by atoms with Gasteiger partial charge < -0.3 is 10.8 Å². The molecule has 1 aliphatic rings. The Kier molecular flexibility index (Phi) is 3.05. The average Bonchev–Trinajstić information content (AvgIpc) is 2.78. The van der Waals surface area contributed by atoms with E-state index in [1.807, 2.05) is 13.0 Å². The highest BCUT2D eigenvalue weighted by molar-refractivity contribution is 5.98. The van der Waals surface area contributed by atoms with Crippen LogP contribution in [0, 0.1) is 19.8 Å². The third-order valence-corrected chi connectivity index (χ3v) is 4.49. The number of carbonyl (C=O) groups excluding carboxylic acids is 1. The molecule has 106 valence electrons. The lowest BCUT2D eigenvalue weighted by Gasteiger charge is -2.21. The van der Waals surface area contributed by atoms with Crippen molar-refractivity contribution >= 4 is 16.9 Å². The highest BCUT2D eigenvalue weighted by Gasteiger charge is 2.28. The molecule has 0 spiro atoms. The van der Waals surface area contributed by atoms with Gasteiger partial charge in [0.25, 0.3) is 0 Å². The normalized spacial score (nSPS) is 18.2. The summed E-state index contributed by atoms with van der Waals surface area (Å²) in [6.45, 7) is 4.28. The van der Waals surface area contributed by atoms with Crippen molar-refractivity contribution in [2.75, 3.05) is 6.61 Å². The molecular formula is C16H20N2O2. The molecule has 0 fully saturated rings. The Balaban J connectivity index is 2.38. The minimum Gasteiger partial charge on any atom is -0.396 e. The highest BCUT2D eigenvalue weighted by Crippen LogP contribution is 2.37. The molecule has 0 bridgehead atoms. The number of aromatic nitrogens is 1. The SMILES string of the molecule is Cc1ccc(C)c2c1c1c(n2C(N)=O)CCC(CO)C1. The number of fused-ring (bicyclic) bond motifs is 3. The van der Waals surface area contributed by atoms with Crippen LogP contribution in [0.2, 0.25) is 0 Å². The second-order valence-electron chi connectivity index (χ2n) is 5.81. The number of primary amides is 1. The average molecular weight is 272 g/mol. The zero-order valence-corrected chi connectivity index (χ0v) is 11.9. The van der Waals surface area contributed by atoms with Crippen molar-refractivity contribution in [3.8, 4) is 0 Å². The molecular weight excluding hydrogens is 252 g/mol. The summed E-state index contributed by atoms with van der Waals surface area (Å²) in [4.78, 5) is 11.9. The summed E-state index contributed by atoms with van der Waals surface area (Å²) < 4.78 is 1.68. The van der Waals surface area contributed by atoms with Crippen LogP contribution < -0.4 is 5.73 Å². The van der Waals surface area contributed by atoms with E-state index in [1.165, 1.54) is 11.1 Å². The van der Waals surface area contributed by atoms with E-state index >= 15 is 0 Å². The molecule has 20 heavy (non-hydrogen) atoms. The van der Waals surface area contributed by atoms with Crippen LogP contribution in [0.1, 0.15) is 28.8 Å². The van der Waals surface area contributed by atoms with Gasteiger partial charge in [-0.25, -0.2) is 4.79 Å². The maximum absolute atomic E-state index is 11.9. The van der Waals surface area contributed by atoms with Gasteiger partial charge in [-0.2, -0.15) is 0 Å². The van der Waals surface area contributed by atoms with Crippen molar-refractivity contribution in [1.82, 2.24) is 4.57 Å². The van der Waals surface area contributed by atoms with Gasteiger partial charge in [0.1, 0.15) is 0 Å². The number of aryl methyl sites for hydroxylation is 2. The molecule has 1 aromatic heterocycles. The number of amides is 1. The molecule has 3 N–H and O–H groups in total. The molecule has 1 aromatic carbocycles. The first-order valence-electron chi connectivity index (χ1n) is 7.07. The van der Waals surface area contributed by atoms with E-state index in [-0.39, 0.29) is 12.5 Å². The Morgan fingerprint density at radius 3 is 2.75 bits per heavy atom. The van der Waals surface area contributed by atoms with E-state index in [0.29, 0.717) is 0 Å². The number of benzene rings is 1. The molecule has 1 aliphatic carbocycles. The minimum absolute atomic E-state index is 0.202. The number of nitrogens with two attached hydrogens (primary N) is 1. The summed E-state index contributed by atoms with van der Waals surface area (Å²) in [5.41, 5.74) is 11.0. The Bertz CT molecular complexity index is 700. The van der Waals surface area contributed by atoms with E-state index in [4.69, 9.17) is 5.73 Å². The van der Waals surface area contributed by atoms with E-state index < -0.39 is 6.03 Å². The first-order valence-corrected chi connectivity index (χ1v) is 7.07. The fraction of sp³-hybridized carbons (Fsp3) is 0.438. The number of rotatable bonds is 1. The molecule has 0 saturated carbocycles. The molecule has 1 atom stereocenters. The van der Waals surface area contributed by atoms with Crippen LogP contribution in [0.15, 0.2) is 12.1 Å². The number of hydrogen-bond donors (Lipinski definition) is 2. The van der Waals surface area contributed by atoms with Crippen molar-refractivity contribution in [3.05, 3.63) is 34.5 Å². The van der Waals surface area contributed by atoms with E-state index in [9.17, 15) is 9.90 Å². The van der Waals surface area contributed by atoms with E-state index in [1.54, 1.807) is 4.57 Å². The van der Waals surface area contributed by atoms with Gasteiger partial charge in [0.15, 0.2) is 0 Å². The van der Waals surface area contributed by atoms with Crippen LogP contribution in [-0.4, -0.2) is 22.3 Å². The van der Waals surface area contributed by atoms with E-state index in [0.717, 1.165) is 41.4 Å². The van der Waals surface area contributed by atoms with Crippen LogP contribution in [0.25, 0.3) is 10.9 Å². The predicted octanol–water partition coefficient (Wildman–Crippen LogP) is 2.28. The second-order valence-corrected chi connectivity index (χ2v) is 5.81. The predicted molar refractivity (Wildman–Crippen MR) is 79.0 cm³/mol. The minimum atomic E-state index is -0.410. The summed E-state index contributed by atoms with van der Waals surface area (Å²) in [6, 6.07) is 3.71. The molecule has 2 aromatic rings. The maximum atomic E-state index is 11.9. The molecule has 4 heteroatoms. The van der Waals surface area contributed by atoms with Gasteiger partial charge >= 0.3 is 6.03 Å². The first-order chi connectivity index (χ1) is 9.54. The van der Waals surface area contributed by atoms with E-state index in [2.05, 4.69) is 13.0 Å². The molecule has 4 nitrogen and oxygen atoms in total. The molecule has 1 unspecified atom stereocenters. The lowest BCUT2D eigenvalue weighted by atomic mass is 9.86. The van der Waals surface area contributed by atoms with Gasteiger partial charge in [0.2, 0.25) is 0 Å². The smallest absolute Gasteiger partial charge is 0.323 e.